The molecule has 0 aliphatic heterocycles. The average Bonchev–Trinajstić information content (AvgIpc) is 2.68. The second kappa shape index (κ2) is 7.66. The van der Waals surface area contributed by atoms with Crippen molar-refractivity contribution >= 4 is 38.6 Å². The first-order chi connectivity index (χ1) is 13.1. The summed E-state index contributed by atoms with van der Waals surface area (Å²) in [6.45, 7) is 1.97. The SMILES string of the molecule is Cc1ccc(-n2c(SCc3cccc(Br)c3)nc3ccccc3c2=O)nc1. The molecule has 0 radical (unpaired) electrons. The third kappa shape index (κ3) is 3.82. The second-order valence-corrected chi connectivity index (χ2v) is 8.02. The minimum Gasteiger partial charge on any atom is -0.268 e. The first-order valence-electron chi connectivity index (χ1n) is 8.44. The van der Waals surface area contributed by atoms with E-state index in [4.69, 9.17) is 4.98 Å². The number of thioether (sulfide) groups is 1. The second-order valence-electron chi connectivity index (χ2n) is 6.16. The summed E-state index contributed by atoms with van der Waals surface area (Å²) in [5, 5.41) is 1.22. The highest BCUT2D eigenvalue weighted by molar-refractivity contribution is 9.10. The van der Waals surface area contributed by atoms with E-state index in [-0.39, 0.29) is 5.56 Å². The highest BCUT2D eigenvalue weighted by atomic mass is 79.9. The Bertz CT molecular complexity index is 1170. The zero-order valence-corrected chi connectivity index (χ0v) is 17.0. The van der Waals surface area contributed by atoms with Crippen LogP contribution in [-0.2, 0) is 5.75 Å². The van der Waals surface area contributed by atoms with Crippen LogP contribution in [0, 0.1) is 6.92 Å². The molecule has 2 heterocycles. The lowest BCUT2D eigenvalue weighted by molar-refractivity contribution is 0.794. The van der Waals surface area contributed by atoms with Crippen LogP contribution in [0.1, 0.15) is 11.1 Å². The molecule has 0 aliphatic rings. The fourth-order valence-electron chi connectivity index (χ4n) is 2.78. The minimum absolute atomic E-state index is 0.103. The molecule has 4 aromatic rings. The number of fused-ring (bicyclic) bond motifs is 1. The Morgan fingerprint density at radius 3 is 2.70 bits per heavy atom. The van der Waals surface area contributed by atoms with Crippen molar-refractivity contribution in [2.75, 3.05) is 0 Å². The highest BCUT2D eigenvalue weighted by Gasteiger charge is 2.14. The summed E-state index contributed by atoms with van der Waals surface area (Å²) in [5.41, 5.74) is 2.79. The van der Waals surface area contributed by atoms with Gasteiger partial charge in [0.1, 0.15) is 5.82 Å². The van der Waals surface area contributed by atoms with E-state index in [0.29, 0.717) is 27.6 Å². The van der Waals surface area contributed by atoms with E-state index in [2.05, 4.69) is 33.0 Å². The van der Waals surface area contributed by atoms with Gasteiger partial charge >= 0.3 is 0 Å². The average molecular weight is 438 g/mol. The van der Waals surface area contributed by atoms with Gasteiger partial charge in [0, 0.05) is 16.4 Å². The molecular weight excluding hydrogens is 422 g/mol. The van der Waals surface area contributed by atoms with Crippen molar-refractivity contribution in [3.63, 3.8) is 0 Å². The Kier molecular flexibility index (Phi) is 5.09. The number of para-hydroxylation sites is 1. The molecule has 0 aliphatic carbocycles. The van der Waals surface area contributed by atoms with E-state index in [1.54, 1.807) is 16.8 Å². The number of aromatic nitrogens is 3. The first-order valence-corrected chi connectivity index (χ1v) is 10.2. The Labute approximate surface area is 169 Å². The molecule has 4 nitrogen and oxygen atoms in total. The van der Waals surface area contributed by atoms with Gasteiger partial charge in [-0.15, -0.1) is 0 Å². The molecular formula is C21H16BrN3OS. The van der Waals surface area contributed by atoms with Gasteiger partial charge in [-0.2, -0.15) is 0 Å². The van der Waals surface area contributed by atoms with Crippen LogP contribution in [-0.4, -0.2) is 14.5 Å². The number of rotatable bonds is 4. The Hall–Kier alpha value is -2.44. The van der Waals surface area contributed by atoms with Gasteiger partial charge < -0.3 is 0 Å². The Balaban J connectivity index is 1.83. The van der Waals surface area contributed by atoms with Crippen LogP contribution in [0.5, 0.6) is 0 Å². The molecule has 0 spiro atoms. The summed E-state index contributed by atoms with van der Waals surface area (Å²) in [7, 11) is 0. The molecule has 134 valence electrons. The van der Waals surface area contributed by atoms with Crippen molar-refractivity contribution in [3.8, 4) is 5.82 Å². The van der Waals surface area contributed by atoms with Gasteiger partial charge in [-0.3, -0.25) is 4.79 Å². The lowest BCUT2D eigenvalue weighted by Gasteiger charge is -2.12. The Morgan fingerprint density at radius 1 is 1.07 bits per heavy atom. The number of benzene rings is 2. The monoisotopic (exact) mass is 437 g/mol. The standard InChI is InChI=1S/C21H16BrN3OS/c1-14-9-10-19(23-12-14)25-20(26)17-7-2-3-8-18(17)24-21(25)27-13-15-5-4-6-16(22)11-15/h2-12H,13H2,1H3. The fourth-order valence-corrected chi connectivity index (χ4v) is 4.17. The van der Waals surface area contributed by atoms with Gasteiger partial charge in [0.05, 0.1) is 10.9 Å². The van der Waals surface area contributed by atoms with Gasteiger partial charge in [0.2, 0.25) is 0 Å². The summed E-state index contributed by atoms with van der Waals surface area (Å²) >= 11 is 5.03. The largest absolute Gasteiger partial charge is 0.268 e. The predicted octanol–water partition coefficient (Wildman–Crippen LogP) is 5.14. The van der Waals surface area contributed by atoms with Crippen LogP contribution in [0.4, 0.5) is 0 Å². The number of pyridine rings is 1. The zero-order chi connectivity index (χ0) is 18.8. The van der Waals surface area contributed by atoms with Crippen LogP contribution >= 0.6 is 27.7 Å². The molecule has 27 heavy (non-hydrogen) atoms. The molecule has 0 saturated carbocycles. The van der Waals surface area contributed by atoms with Crippen LogP contribution in [0.25, 0.3) is 16.7 Å². The molecule has 0 saturated heterocycles. The third-order valence-electron chi connectivity index (χ3n) is 4.13. The molecule has 0 amide bonds. The van der Waals surface area contributed by atoms with Gasteiger partial charge in [0.15, 0.2) is 5.16 Å². The number of hydrogen-bond donors (Lipinski definition) is 0. The van der Waals surface area contributed by atoms with Gasteiger partial charge in [-0.25, -0.2) is 14.5 Å². The summed E-state index contributed by atoms with van der Waals surface area (Å²) in [6, 6.07) is 19.4. The third-order valence-corrected chi connectivity index (χ3v) is 5.63. The van der Waals surface area contributed by atoms with Crippen molar-refractivity contribution < 1.29 is 0 Å². The lowest BCUT2D eigenvalue weighted by atomic mass is 10.2. The van der Waals surface area contributed by atoms with E-state index in [1.165, 1.54) is 11.8 Å². The van der Waals surface area contributed by atoms with Crippen molar-refractivity contribution in [2.24, 2.45) is 0 Å². The number of hydrogen-bond acceptors (Lipinski definition) is 4. The first kappa shape index (κ1) is 17.9. The van der Waals surface area contributed by atoms with Gasteiger partial charge in [0.25, 0.3) is 5.56 Å². The zero-order valence-electron chi connectivity index (χ0n) is 14.6. The highest BCUT2D eigenvalue weighted by Crippen LogP contribution is 2.25. The molecule has 4 rings (SSSR count). The van der Waals surface area contributed by atoms with E-state index in [9.17, 15) is 4.79 Å². The minimum atomic E-state index is -0.103. The maximum Gasteiger partial charge on any atom is 0.267 e. The molecule has 0 fully saturated rings. The van der Waals surface area contributed by atoms with Crippen LogP contribution < -0.4 is 5.56 Å². The molecule has 2 aromatic carbocycles. The normalized spacial score (nSPS) is 11.0. The molecule has 0 N–H and O–H groups in total. The Morgan fingerprint density at radius 2 is 1.93 bits per heavy atom. The number of halogens is 1. The van der Waals surface area contributed by atoms with E-state index >= 15 is 0 Å². The summed E-state index contributed by atoms with van der Waals surface area (Å²) in [5.74, 6) is 1.29. The maximum absolute atomic E-state index is 13.2. The summed E-state index contributed by atoms with van der Waals surface area (Å²) in [4.78, 5) is 22.4. The van der Waals surface area contributed by atoms with E-state index in [0.717, 1.165) is 15.6 Å². The smallest absolute Gasteiger partial charge is 0.267 e. The topological polar surface area (TPSA) is 47.8 Å². The lowest BCUT2D eigenvalue weighted by Crippen LogP contribution is -2.22. The summed E-state index contributed by atoms with van der Waals surface area (Å²) < 4.78 is 2.63. The maximum atomic E-state index is 13.2. The van der Waals surface area contributed by atoms with Crippen LogP contribution in [0.3, 0.4) is 0 Å². The van der Waals surface area contributed by atoms with Gasteiger partial charge in [-0.05, 0) is 48.4 Å². The molecule has 0 bridgehead atoms. The van der Waals surface area contributed by atoms with E-state index < -0.39 is 0 Å². The number of aryl methyl sites for hydroxylation is 1. The van der Waals surface area contributed by atoms with Crippen molar-refractivity contribution in [2.45, 2.75) is 17.8 Å². The van der Waals surface area contributed by atoms with Gasteiger partial charge in [-0.1, -0.05) is 58.0 Å². The molecule has 2 aromatic heterocycles. The van der Waals surface area contributed by atoms with Crippen molar-refractivity contribution in [3.05, 3.63) is 92.8 Å². The van der Waals surface area contributed by atoms with Crippen molar-refractivity contribution in [1.29, 1.82) is 0 Å². The van der Waals surface area contributed by atoms with Crippen molar-refractivity contribution in [1.82, 2.24) is 14.5 Å². The quantitative estimate of drug-likeness (QED) is 0.327. The molecule has 0 atom stereocenters. The molecule has 0 unspecified atom stereocenters. The number of nitrogens with zero attached hydrogens (tertiary/aromatic N) is 3. The molecule has 6 heteroatoms. The van der Waals surface area contributed by atoms with Crippen LogP contribution in [0.15, 0.2) is 81.3 Å². The fraction of sp³-hybridized carbons (Fsp3) is 0.0952. The summed E-state index contributed by atoms with van der Waals surface area (Å²) in [6.07, 6.45) is 1.76. The van der Waals surface area contributed by atoms with E-state index in [1.807, 2.05) is 49.4 Å². The predicted molar refractivity (Wildman–Crippen MR) is 114 cm³/mol. The van der Waals surface area contributed by atoms with Crippen LogP contribution in [0.2, 0.25) is 0 Å².